The number of anilines is 1. The zero-order valence-corrected chi connectivity index (χ0v) is 11.4. The van der Waals surface area contributed by atoms with E-state index in [0.717, 1.165) is 21.2 Å². The Labute approximate surface area is 118 Å². The summed E-state index contributed by atoms with van der Waals surface area (Å²) < 4.78 is 2.62. The van der Waals surface area contributed by atoms with Gasteiger partial charge in [0.05, 0.1) is 22.3 Å². The number of nitriles is 1. The molecule has 0 bridgehead atoms. The fourth-order valence-corrected chi connectivity index (χ4v) is 2.33. The van der Waals surface area contributed by atoms with Crippen molar-refractivity contribution in [3.8, 4) is 6.07 Å². The van der Waals surface area contributed by atoms with Crippen LogP contribution in [-0.4, -0.2) is 9.66 Å². The lowest BCUT2D eigenvalue weighted by Crippen LogP contribution is -2.07. The Morgan fingerprint density at radius 2 is 2.05 bits per heavy atom. The number of aromatic nitrogens is 2. The second-order valence-corrected chi connectivity index (χ2v) is 4.88. The first-order chi connectivity index (χ1) is 9.28. The molecule has 0 saturated carbocycles. The summed E-state index contributed by atoms with van der Waals surface area (Å²) in [6.45, 7) is 0. The van der Waals surface area contributed by atoms with Gasteiger partial charge in [-0.3, -0.25) is 5.43 Å². The number of imidazole rings is 1. The van der Waals surface area contributed by atoms with Crippen molar-refractivity contribution in [1.82, 2.24) is 9.66 Å². The first-order valence-electron chi connectivity index (χ1n) is 5.67. The molecule has 0 amide bonds. The Morgan fingerprint density at radius 3 is 2.84 bits per heavy atom. The van der Waals surface area contributed by atoms with Crippen LogP contribution in [0, 0.1) is 11.3 Å². The van der Waals surface area contributed by atoms with Crippen molar-refractivity contribution >= 4 is 32.7 Å². The van der Waals surface area contributed by atoms with Crippen LogP contribution in [0.25, 0.3) is 11.0 Å². The summed E-state index contributed by atoms with van der Waals surface area (Å²) in [6, 6.07) is 15.5. The third-order valence-corrected chi connectivity index (χ3v) is 3.45. The fraction of sp³-hybridized carbons (Fsp3) is 0. The molecule has 0 spiro atoms. The van der Waals surface area contributed by atoms with Crippen molar-refractivity contribution in [2.75, 3.05) is 5.43 Å². The molecule has 0 aliphatic carbocycles. The molecule has 1 heterocycles. The molecule has 1 N–H and O–H groups in total. The maximum atomic E-state index is 8.89. The van der Waals surface area contributed by atoms with Crippen LogP contribution in [0.5, 0.6) is 0 Å². The maximum Gasteiger partial charge on any atom is 0.116 e. The van der Waals surface area contributed by atoms with E-state index in [1.165, 1.54) is 0 Å². The monoisotopic (exact) mass is 312 g/mol. The van der Waals surface area contributed by atoms with Gasteiger partial charge in [-0.05, 0) is 46.3 Å². The van der Waals surface area contributed by atoms with Crippen LogP contribution in [0.15, 0.2) is 53.3 Å². The van der Waals surface area contributed by atoms with Gasteiger partial charge in [0.15, 0.2) is 0 Å². The molecule has 0 unspecified atom stereocenters. The molecule has 1 aromatic heterocycles. The largest absolute Gasteiger partial charge is 0.293 e. The van der Waals surface area contributed by atoms with Crippen LogP contribution >= 0.6 is 15.9 Å². The predicted molar refractivity (Wildman–Crippen MR) is 77.6 cm³/mol. The maximum absolute atomic E-state index is 8.89. The van der Waals surface area contributed by atoms with Crippen molar-refractivity contribution in [2.24, 2.45) is 0 Å². The van der Waals surface area contributed by atoms with Crippen LogP contribution in [0.4, 0.5) is 5.69 Å². The highest BCUT2D eigenvalue weighted by Crippen LogP contribution is 2.21. The van der Waals surface area contributed by atoms with E-state index >= 15 is 0 Å². The van der Waals surface area contributed by atoms with Gasteiger partial charge in [0, 0.05) is 4.47 Å². The number of rotatable bonds is 2. The molecular weight excluding hydrogens is 304 g/mol. The smallest absolute Gasteiger partial charge is 0.116 e. The molecule has 92 valence electrons. The first kappa shape index (κ1) is 11.8. The molecule has 0 atom stereocenters. The van der Waals surface area contributed by atoms with E-state index in [-0.39, 0.29) is 0 Å². The summed E-state index contributed by atoms with van der Waals surface area (Å²) in [5, 5.41) is 8.89. The number of nitrogens with zero attached hydrogens (tertiary/aromatic N) is 3. The van der Waals surface area contributed by atoms with Gasteiger partial charge < -0.3 is 0 Å². The molecule has 0 saturated heterocycles. The molecule has 0 radical (unpaired) electrons. The van der Waals surface area contributed by atoms with Crippen molar-refractivity contribution in [3.63, 3.8) is 0 Å². The second kappa shape index (κ2) is 4.75. The number of halogens is 1. The van der Waals surface area contributed by atoms with Crippen LogP contribution < -0.4 is 5.43 Å². The van der Waals surface area contributed by atoms with Gasteiger partial charge >= 0.3 is 0 Å². The molecular formula is C14H9BrN4. The fourth-order valence-electron chi connectivity index (χ4n) is 1.86. The lowest BCUT2D eigenvalue weighted by Gasteiger charge is -2.09. The molecule has 2 aromatic carbocycles. The lowest BCUT2D eigenvalue weighted by molar-refractivity contribution is 0.988. The zero-order chi connectivity index (χ0) is 13.2. The van der Waals surface area contributed by atoms with Gasteiger partial charge in [-0.25, -0.2) is 9.66 Å². The predicted octanol–water partition coefficient (Wildman–Crippen LogP) is 3.55. The molecule has 3 aromatic rings. The van der Waals surface area contributed by atoms with Gasteiger partial charge in [0.1, 0.15) is 12.4 Å². The van der Waals surface area contributed by atoms with Crippen LogP contribution in [0.3, 0.4) is 0 Å². The standard InChI is InChI=1S/C14H9BrN4/c15-12-7-11(6-5-10(12)8-16)18-19-9-17-13-3-1-2-4-14(13)19/h1-7,9,18H. The highest BCUT2D eigenvalue weighted by molar-refractivity contribution is 9.10. The lowest BCUT2D eigenvalue weighted by atomic mass is 10.2. The van der Waals surface area contributed by atoms with E-state index in [0.29, 0.717) is 5.56 Å². The third-order valence-electron chi connectivity index (χ3n) is 2.79. The average molecular weight is 313 g/mol. The number of hydrogen-bond acceptors (Lipinski definition) is 3. The van der Waals surface area contributed by atoms with Crippen molar-refractivity contribution in [3.05, 3.63) is 58.8 Å². The topological polar surface area (TPSA) is 53.6 Å². The molecule has 3 rings (SSSR count). The van der Waals surface area contributed by atoms with Crippen LogP contribution in [0.2, 0.25) is 0 Å². The number of fused-ring (bicyclic) bond motifs is 1. The minimum Gasteiger partial charge on any atom is -0.293 e. The highest BCUT2D eigenvalue weighted by Gasteiger charge is 2.03. The summed E-state index contributed by atoms with van der Waals surface area (Å²) >= 11 is 3.37. The molecule has 0 aliphatic heterocycles. The van der Waals surface area contributed by atoms with E-state index in [2.05, 4.69) is 32.4 Å². The van der Waals surface area contributed by atoms with Gasteiger partial charge in [-0.15, -0.1) is 0 Å². The summed E-state index contributed by atoms with van der Waals surface area (Å²) in [5.41, 5.74) is 6.67. The van der Waals surface area contributed by atoms with Gasteiger partial charge in [0.2, 0.25) is 0 Å². The Bertz CT molecular complexity index is 785. The molecule has 5 heteroatoms. The van der Waals surface area contributed by atoms with Gasteiger partial charge in [-0.1, -0.05) is 12.1 Å². The molecule has 4 nitrogen and oxygen atoms in total. The number of para-hydroxylation sites is 2. The van der Waals surface area contributed by atoms with Crippen molar-refractivity contribution in [1.29, 1.82) is 5.26 Å². The Morgan fingerprint density at radius 1 is 1.21 bits per heavy atom. The number of hydrogen-bond donors (Lipinski definition) is 1. The summed E-state index contributed by atoms with van der Waals surface area (Å²) in [5.74, 6) is 0. The minimum atomic E-state index is 0.612. The normalized spacial score (nSPS) is 10.3. The third kappa shape index (κ3) is 2.18. The van der Waals surface area contributed by atoms with Crippen molar-refractivity contribution in [2.45, 2.75) is 0 Å². The number of benzene rings is 2. The highest BCUT2D eigenvalue weighted by atomic mass is 79.9. The number of nitrogens with one attached hydrogen (secondary N) is 1. The second-order valence-electron chi connectivity index (χ2n) is 4.02. The van der Waals surface area contributed by atoms with Gasteiger partial charge in [0.25, 0.3) is 0 Å². The summed E-state index contributed by atoms with van der Waals surface area (Å²) in [6.07, 6.45) is 1.73. The van der Waals surface area contributed by atoms with E-state index in [4.69, 9.17) is 5.26 Å². The van der Waals surface area contributed by atoms with E-state index < -0.39 is 0 Å². The Kier molecular flexibility index (Phi) is 2.94. The van der Waals surface area contributed by atoms with Gasteiger partial charge in [-0.2, -0.15) is 5.26 Å². The minimum absolute atomic E-state index is 0.612. The SMILES string of the molecule is N#Cc1ccc(Nn2cnc3ccccc32)cc1Br. The Hall–Kier alpha value is -2.32. The van der Waals surface area contributed by atoms with Crippen LogP contribution in [-0.2, 0) is 0 Å². The molecule has 0 aliphatic rings. The average Bonchev–Trinajstić information content (AvgIpc) is 2.83. The molecule has 19 heavy (non-hydrogen) atoms. The molecule has 0 fully saturated rings. The first-order valence-corrected chi connectivity index (χ1v) is 6.46. The summed E-state index contributed by atoms with van der Waals surface area (Å²) in [4.78, 5) is 4.31. The van der Waals surface area contributed by atoms with Crippen LogP contribution in [0.1, 0.15) is 5.56 Å². The van der Waals surface area contributed by atoms with E-state index in [1.54, 1.807) is 12.4 Å². The van der Waals surface area contributed by atoms with Crippen molar-refractivity contribution < 1.29 is 0 Å². The zero-order valence-electron chi connectivity index (χ0n) is 9.84. The quantitative estimate of drug-likeness (QED) is 0.787. The summed E-state index contributed by atoms with van der Waals surface area (Å²) in [7, 11) is 0. The van der Waals surface area contributed by atoms with E-state index in [9.17, 15) is 0 Å². The van der Waals surface area contributed by atoms with E-state index in [1.807, 2.05) is 41.1 Å². The Balaban J connectivity index is 1.97.